The molecule has 3 rings (SSSR count). The standard InChI is InChI=1S/C17H16FN3O2/c1-11-16(17(22)19-10-15-4-3-9-23-15)12(2)21(20-11)14-7-5-13(18)6-8-14/h3-9H,10H2,1-2H3,(H,19,22). The molecule has 0 unspecified atom stereocenters. The summed E-state index contributed by atoms with van der Waals surface area (Å²) in [5.74, 6) is 0.149. The van der Waals surface area contributed by atoms with E-state index in [0.717, 1.165) is 0 Å². The van der Waals surface area contributed by atoms with E-state index < -0.39 is 0 Å². The molecule has 0 aliphatic carbocycles. The molecular weight excluding hydrogens is 297 g/mol. The van der Waals surface area contributed by atoms with Crippen molar-refractivity contribution in [3.8, 4) is 5.69 Å². The topological polar surface area (TPSA) is 60.1 Å². The van der Waals surface area contributed by atoms with Gasteiger partial charge in [-0.15, -0.1) is 0 Å². The molecule has 0 atom stereocenters. The fourth-order valence-electron chi connectivity index (χ4n) is 2.47. The lowest BCUT2D eigenvalue weighted by Gasteiger charge is -2.06. The van der Waals surface area contributed by atoms with Crippen molar-refractivity contribution in [3.63, 3.8) is 0 Å². The van der Waals surface area contributed by atoms with Gasteiger partial charge in [0, 0.05) is 0 Å². The molecule has 0 saturated carbocycles. The average molecular weight is 313 g/mol. The van der Waals surface area contributed by atoms with Crippen LogP contribution >= 0.6 is 0 Å². The Balaban J connectivity index is 1.85. The van der Waals surface area contributed by atoms with Gasteiger partial charge >= 0.3 is 0 Å². The number of aromatic nitrogens is 2. The molecule has 23 heavy (non-hydrogen) atoms. The van der Waals surface area contributed by atoms with E-state index in [2.05, 4.69) is 10.4 Å². The molecule has 0 radical (unpaired) electrons. The van der Waals surface area contributed by atoms with Gasteiger partial charge in [-0.2, -0.15) is 5.10 Å². The molecule has 5 nitrogen and oxygen atoms in total. The summed E-state index contributed by atoms with van der Waals surface area (Å²) in [6, 6.07) is 9.54. The number of halogens is 1. The van der Waals surface area contributed by atoms with E-state index in [1.54, 1.807) is 42.1 Å². The van der Waals surface area contributed by atoms with Crippen LogP contribution in [0.4, 0.5) is 4.39 Å². The maximum absolute atomic E-state index is 13.0. The molecule has 2 aromatic heterocycles. The number of furan rings is 1. The summed E-state index contributed by atoms with van der Waals surface area (Å²) in [5.41, 5.74) is 2.53. The Morgan fingerprint density at radius 1 is 1.26 bits per heavy atom. The van der Waals surface area contributed by atoms with Crippen molar-refractivity contribution in [2.24, 2.45) is 0 Å². The number of carbonyl (C=O) groups excluding carboxylic acids is 1. The third-order valence-corrected chi connectivity index (χ3v) is 3.59. The van der Waals surface area contributed by atoms with E-state index in [4.69, 9.17) is 4.42 Å². The molecule has 1 N–H and O–H groups in total. The zero-order valence-electron chi connectivity index (χ0n) is 12.8. The molecule has 0 spiro atoms. The van der Waals surface area contributed by atoms with Crippen LogP contribution in [0.1, 0.15) is 27.5 Å². The van der Waals surface area contributed by atoms with E-state index in [1.165, 1.54) is 12.1 Å². The summed E-state index contributed by atoms with van der Waals surface area (Å²) in [4.78, 5) is 12.4. The lowest BCUT2D eigenvalue weighted by molar-refractivity contribution is 0.0947. The van der Waals surface area contributed by atoms with Crippen LogP contribution in [0.5, 0.6) is 0 Å². The number of hydrogen-bond acceptors (Lipinski definition) is 3. The predicted molar refractivity (Wildman–Crippen MR) is 82.9 cm³/mol. The second-order valence-corrected chi connectivity index (χ2v) is 5.20. The molecular formula is C17H16FN3O2. The van der Waals surface area contributed by atoms with Gasteiger partial charge in [0.25, 0.3) is 5.91 Å². The van der Waals surface area contributed by atoms with Gasteiger partial charge in [-0.1, -0.05) is 0 Å². The number of aryl methyl sites for hydroxylation is 1. The Hall–Kier alpha value is -2.89. The molecule has 0 saturated heterocycles. The van der Waals surface area contributed by atoms with Crippen LogP contribution in [0.3, 0.4) is 0 Å². The molecule has 0 fully saturated rings. The highest BCUT2D eigenvalue weighted by molar-refractivity contribution is 5.96. The maximum atomic E-state index is 13.0. The summed E-state index contributed by atoms with van der Waals surface area (Å²) in [6.45, 7) is 3.90. The van der Waals surface area contributed by atoms with Crippen LogP contribution < -0.4 is 5.32 Å². The number of amides is 1. The summed E-state index contributed by atoms with van der Waals surface area (Å²) >= 11 is 0. The lowest BCUT2D eigenvalue weighted by atomic mass is 10.2. The van der Waals surface area contributed by atoms with Crippen LogP contribution in [0.2, 0.25) is 0 Å². The van der Waals surface area contributed by atoms with E-state index in [9.17, 15) is 9.18 Å². The zero-order valence-corrected chi connectivity index (χ0v) is 12.8. The zero-order chi connectivity index (χ0) is 16.4. The van der Waals surface area contributed by atoms with Gasteiger partial charge in [-0.05, 0) is 50.2 Å². The van der Waals surface area contributed by atoms with Gasteiger partial charge < -0.3 is 9.73 Å². The summed E-state index contributed by atoms with van der Waals surface area (Å²) in [6.07, 6.45) is 1.56. The number of rotatable bonds is 4. The molecule has 1 aromatic carbocycles. The minimum Gasteiger partial charge on any atom is -0.467 e. The Labute approximate surface area is 132 Å². The Kier molecular flexibility index (Phi) is 3.97. The van der Waals surface area contributed by atoms with Crippen molar-refractivity contribution in [3.05, 3.63) is 71.2 Å². The molecule has 0 aliphatic rings. The van der Waals surface area contributed by atoms with E-state index in [1.807, 2.05) is 6.92 Å². The van der Waals surface area contributed by atoms with E-state index in [-0.39, 0.29) is 11.7 Å². The monoisotopic (exact) mass is 313 g/mol. The second-order valence-electron chi connectivity index (χ2n) is 5.20. The van der Waals surface area contributed by atoms with Crippen LogP contribution in [0.25, 0.3) is 5.69 Å². The first-order valence-electron chi connectivity index (χ1n) is 7.19. The maximum Gasteiger partial charge on any atom is 0.255 e. The van der Waals surface area contributed by atoms with Crippen molar-refractivity contribution in [2.45, 2.75) is 20.4 Å². The first kappa shape index (κ1) is 15.0. The number of benzene rings is 1. The van der Waals surface area contributed by atoms with E-state index in [0.29, 0.717) is 34.9 Å². The molecule has 6 heteroatoms. The van der Waals surface area contributed by atoms with Crippen molar-refractivity contribution in [1.29, 1.82) is 0 Å². The van der Waals surface area contributed by atoms with Crippen LogP contribution in [-0.4, -0.2) is 15.7 Å². The van der Waals surface area contributed by atoms with Gasteiger partial charge in [0.2, 0.25) is 0 Å². The molecule has 0 aliphatic heterocycles. The first-order chi connectivity index (χ1) is 11.1. The highest BCUT2D eigenvalue weighted by atomic mass is 19.1. The summed E-state index contributed by atoms with van der Waals surface area (Å²) < 4.78 is 19.9. The first-order valence-corrected chi connectivity index (χ1v) is 7.19. The molecule has 0 bridgehead atoms. The van der Waals surface area contributed by atoms with Gasteiger partial charge in [0.15, 0.2) is 0 Å². The van der Waals surface area contributed by atoms with Crippen LogP contribution in [0, 0.1) is 19.7 Å². The fraction of sp³-hybridized carbons (Fsp3) is 0.176. The number of nitrogens with one attached hydrogen (secondary N) is 1. The number of carbonyl (C=O) groups is 1. The molecule has 3 aromatic rings. The third kappa shape index (κ3) is 3.01. The molecule has 118 valence electrons. The lowest BCUT2D eigenvalue weighted by Crippen LogP contribution is -2.23. The largest absolute Gasteiger partial charge is 0.467 e. The number of hydrogen-bond donors (Lipinski definition) is 1. The van der Waals surface area contributed by atoms with Gasteiger partial charge in [-0.3, -0.25) is 4.79 Å². The fourth-order valence-corrected chi connectivity index (χ4v) is 2.47. The second kappa shape index (κ2) is 6.08. The van der Waals surface area contributed by atoms with Gasteiger partial charge in [-0.25, -0.2) is 9.07 Å². The van der Waals surface area contributed by atoms with Gasteiger partial charge in [0.05, 0.1) is 35.4 Å². The van der Waals surface area contributed by atoms with Gasteiger partial charge in [0.1, 0.15) is 11.6 Å². The average Bonchev–Trinajstić information content (AvgIpc) is 3.14. The van der Waals surface area contributed by atoms with Crippen molar-refractivity contribution < 1.29 is 13.6 Å². The summed E-state index contributed by atoms with van der Waals surface area (Å²) in [5, 5.41) is 7.20. The van der Waals surface area contributed by atoms with Crippen molar-refractivity contribution in [2.75, 3.05) is 0 Å². The summed E-state index contributed by atoms with van der Waals surface area (Å²) in [7, 11) is 0. The minimum absolute atomic E-state index is 0.218. The Morgan fingerprint density at radius 3 is 2.65 bits per heavy atom. The van der Waals surface area contributed by atoms with Crippen LogP contribution in [0.15, 0.2) is 47.1 Å². The van der Waals surface area contributed by atoms with Crippen LogP contribution in [-0.2, 0) is 6.54 Å². The smallest absolute Gasteiger partial charge is 0.255 e. The SMILES string of the molecule is Cc1nn(-c2ccc(F)cc2)c(C)c1C(=O)NCc1ccco1. The third-order valence-electron chi connectivity index (χ3n) is 3.59. The highest BCUT2D eigenvalue weighted by Crippen LogP contribution is 2.18. The molecule has 1 amide bonds. The Bertz CT molecular complexity index is 820. The highest BCUT2D eigenvalue weighted by Gasteiger charge is 2.19. The quantitative estimate of drug-likeness (QED) is 0.805. The minimum atomic E-state index is -0.313. The Morgan fingerprint density at radius 2 is 2.00 bits per heavy atom. The number of nitrogens with zero attached hydrogens (tertiary/aromatic N) is 2. The van der Waals surface area contributed by atoms with E-state index >= 15 is 0 Å². The molecule has 2 heterocycles. The predicted octanol–water partition coefficient (Wildman–Crippen LogP) is 3.15. The normalized spacial score (nSPS) is 10.7. The van der Waals surface area contributed by atoms with Crippen molar-refractivity contribution >= 4 is 5.91 Å². The van der Waals surface area contributed by atoms with Crippen molar-refractivity contribution in [1.82, 2.24) is 15.1 Å².